The molecule has 5 nitrogen and oxygen atoms in total. The van der Waals surface area contributed by atoms with Crippen molar-refractivity contribution in [3.8, 4) is 0 Å². The van der Waals surface area contributed by atoms with Crippen molar-refractivity contribution in [2.45, 2.75) is 109 Å². The van der Waals surface area contributed by atoms with Crippen molar-refractivity contribution in [1.82, 2.24) is 15.6 Å². The molecule has 0 bridgehead atoms. The van der Waals surface area contributed by atoms with Gasteiger partial charge in [0.15, 0.2) is 4.34 Å². The Balaban J connectivity index is 2.26. The normalized spacial score (nSPS) is 14.1. The number of nitrogens with zero attached hydrogens (tertiary/aromatic N) is 1. The average Bonchev–Trinajstić information content (AvgIpc) is 2.99. The molecule has 2 rings (SSSR count). The maximum atomic E-state index is 14.2. The summed E-state index contributed by atoms with van der Waals surface area (Å²) < 4.78 is 15.5. The number of fused-ring (bicyclic) bond motifs is 1. The smallest absolute Gasteiger partial charge is 0.234 e. The number of thioether (sulfide) groups is 1. The van der Waals surface area contributed by atoms with Crippen LogP contribution in [0.15, 0.2) is 22.5 Å². The van der Waals surface area contributed by atoms with Crippen molar-refractivity contribution < 1.29 is 14.0 Å². The summed E-state index contributed by atoms with van der Waals surface area (Å²) in [6.07, 6.45) is 1.58. The van der Waals surface area contributed by atoms with Crippen molar-refractivity contribution >= 4 is 45.1 Å². The van der Waals surface area contributed by atoms with E-state index >= 15 is 0 Å². The summed E-state index contributed by atoms with van der Waals surface area (Å²) in [6, 6.07) is 4.83. The molecule has 0 saturated carbocycles. The van der Waals surface area contributed by atoms with Gasteiger partial charge < -0.3 is 10.6 Å². The third-order valence-corrected chi connectivity index (χ3v) is 7.45. The van der Waals surface area contributed by atoms with Crippen LogP contribution >= 0.6 is 23.1 Å². The number of hydrogen-bond donors (Lipinski definition) is 2. The van der Waals surface area contributed by atoms with Gasteiger partial charge >= 0.3 is 0 Å². The summed E-state index contributed by atoms with van der Waals surface area (Å²) in [6.45, 7) is 20.8. The van der Waals surface area contributed by atoms with Crippen LogP contribution in [-0.2, 0) is 9.59 Å². The first-order valence-electron chi connectivity index (χ1n) is 12.1. The molecule has 1 unspecified atom stereocenters. The van der Waals surface area contributed by atoms with Crippen molar-refractivity contribution in [3.63, 3.8) is 0 Å². The Kier molecular flexibility index (Phi) is 9.08. The quantitative estimate of drug-likeness (QED) is 0.349. The van der Waals surface area contributed by atoms with Crippen molar-refractivity contribution in [2.24, 2.45) is 10.8 Å². The van der Waals surface area contributed by atoms with E-state index in [1.165, 1.54) is 29.2 Å². The number of para-hydroxylation sites is 1. The number of aromatic nitrogens is 1. The van der Waals surface area contributed by atoms with Crippen LogP contribution in [0.1, 0.15) is 88.5 Å². The fraction of sp³-hybridized carbons (Fsp3) is 0.667. The topological polar surface area (TPSA) is 71.1 Å². The molecule has 0 spiro atoms. The molecule has 0 aliphatic heterocycles. The van der Waals surface area contributed by atoms with E-state index in [1.807, 2.05) is 33.8 Å². The van der Waals surface area contributed by atoms with E-state index in [2.05, 4.69) is 57.2 Å². The zero-order valence-corrected chi connectivity index (χ0v) is 24.5. The largest absolute Gasteiger partial charge is 0.351 e. The molecule has 0 radical (unpaired) electrons. The minimum atomic E-state index is -0.691. The molecule has 1 atom stereocenters. The second-order valence-electron chi connectivity index (χ2n) is 13.2. The van der Waals surface area contributed by atoms with Crippen molar-refractivity contribution in [2.75, 3.05) is 0 Å². The van der Waals surface area contributed by atoms with Gasteiger partial charge in [-0.1, -0.05) is 59.4 Å². The highest BCUT2D eigenvalue weighted by Gasteiger charge is 2.34. The second kappa shape index (κ2) is 10.8. The van der Waals surface area contributed by atoms with Gasteiger partial charge in [0.2, 0.25) is 11.8 Å². The average molecular weight is 524 g/mol. The standard InChI is InChI=1S/C27H42FN3O2S2/c1-24(2,3)15-26(7,8)30-20(32)14-19(22(33)31-27(9,10)16-25(4,5)6)35-23-29-21-17(28)12-11-13-18(21)34-23/h11-13,19H,14-16H2,1-10H3,(H,30,32)(H,31,33). The fourth-order valence-corrected chi connectivity index (χ4v) is 7.32. The number of amides is 2. The van der Waals surface area contributed by atoms with Crippen LogP contribution in [-0.4, -0.2) is 33.1 Å². The third kappa shape index (κ3) is 10.1. The molecule has 0 fully saturated rings. The summed E-state index contributed by atoms with van der Waals surface area (Å²) in [5, 5.41) is 5.57. The zero-order chi connectivity index (χ0) is 26.8. The van der Waals surface area contributed by atoms with Crippen LogP contribution in [0.3, 0.4) is 0 Å². The number of hydrogen-bond acceptors (Lipinski definition) is 5. The van der Waals surface area contributed by atoms with E-state index in [0.717, 1.165) is 17.5 Å². The lowest BCUT2D eigenvalue weighted by atomic mass is 9.81. The molecule has 8 heteroatoms. The van der Waals surface area contributed by atoms with E-state index < -0.39 is 16.3 Å². The third-order valence-electron chi connectivity index (χ3n) is 5.14. The second-order valence-corrected chi connectivity index (χ2v) is 15.6. The summed E-state index contributed by atoms with van der Waals surface area (Å²) >= 11 is 2.56. The van der Waals surface area contributed by atoms with Gasteiger partial charge in [-0.05, 0) is 63.5 Å². The minimum Gasteiger partial charge on any atom is -0.351 e. The number of thiazole rings is 1. The molecule has 1 aromatic heterocycles. The Labute approximate surface area is 218 Å². The van der Waals surface area contributed by atoms with E-state index in [-0.39, 0.29) is 34.9 Å². The number of nitrogens with one attached hydrogen (secondary N) is 2. The SMILES string of the molecule is CC(C)(C)CC(C)(C)NC(=O)CC(Sc1nc2c(F)cccc2s1)C(=O)NC(C)(C)CC(C)(C)C. The summed E-state index contributed by atoms with van der Waals surface area (Å²) in [5.41, 5.74) is -0.493. The Hall–Kier alpha value is -1.67. The fourth-order valence-electron chi connectivity index (χ4n) is 5.01. The first kappa shape index (κ1) is 29.6. The van der Waals surface area contributed by atoms with E-state index in [9.17, 15) is 14.0 Å². The Morgan fingerprint density at radius 2 is 1.49 bits per heavy atom. The highest BCUT2D eigenvalue weighted by atomic mass is 32.2. The molecular weight excluding hydrogens is 481 g/mol. The number of benzene rings is 1. The van der Waals surface area contributed by atoms with Gasteiger partial charge in [-0.3, -0.25) is 9.59 Å². The highest BCUT2D eigenvalue weighted by molar-refractivity contribution is 8.02. The van der Waals surface area contributed by atoms with Crippen molar-refractivity contribution in [3.05, 3.63) is 24.0 Å². The molecule has 196 valence electrons. The number of carbonyl (C=O) groups is 2. The van der Waals surface area contributed by atoms with Crippen LogP contribution in [0.5, 0.6) is 0 Å². The zero-order valence-electron chi connectivity index (χ0n) is 22.9. The lowest BCUT2D eigenvalue weighted by molar-refractivity contribution is -0.128. The molecule has 2 aromatic rings. The number of halogens is 1. The molecule has 35 heavy (non-hydrogen) atoms. The Morgan fingerprint density at radius 3 is 2.00 bits per heavy atom. The predicted molar refractivity (Wildman–Crippen MR) is 146 cm³/mol. The van der Waals surface area contributed by atoms with E-state index in [0.29, 0.717) is 9.86 Å². The van der Waals surface area contributed by atoms with Gasteiger partial charge in [0.05, 0.1) is 9.95 Å². The lowest BCUT2D eigenvalue weighted by Gasteiger charge is -2.35. The maximum Gasteiger partial charge on any atom is 0.234 e. The van der Waals surface area contributed by atoms with Gasteiger partial charge in [0, 0.05) is 17.5 Å². The molecule has 2 amide bonds. The molecule has 0 saturated heterocycles. The first-order valence-corrected chi connectivity index (χ1v) is 13.8. The molecular formula is C27H42FN3O2S2. The van der Waals surface area contributed by atoms with Gasteiger partial charge in [0.1, 0.15) is 11.3 Å². The van der Waals surface area contributed by atoms with Gasteiger partial charge in [-0.2, -0.15) is 0 Å². The molecule has 0 aliphatic rings. The van der Waals surface area contributed by atoms with Crippen LogP contribution in [0.4, 0.5) is 4.39 Å². The highest BCUT2D eigenvalue weighted by Crippen LogP contribution is 2.35. The molecule has 2 N–H and O–H groups in total. The minimum absolute atomic E-state index is 0.00801. The first-order chi connectivity index (χ1) is 15.8. The molecule has 0 aliphatic carbocycles. The molecule has 1 heterocycles. The lowest BCUT2D eigenvalue weighted by Crippen LogP contribution is -2.51. The van der Waals surface area contributed by atoms with E-state index in [1.54, 1.807) is 6.07 Å². The number of rotatable bonds is 9. The summed E-state index contributed by atoms with van der Waals surface area (Å²) in [5.74, 6) is -0.792. The number of carbonyl (C=O) groups excluding carboxylic acids is 2. The van der Waals surface area contributed by atoms with Gasteiger partial charge in [0.25, 0.3) is 0 Å². The monoisotopic (exact) mass is 523 g/mol. The summed E-state index contributed by atoms with van der Waals surface area (Å²) in [4.78, 5) is 31.0. The van der Waals surface area contributed by atoms with Gasteiger partial charge in [-0.25, -0.2) is 9.37 Å². The van der Waals surface area contributed by atoms with Crippen LogP contribution in [0, 0.1) is 16.6 Å². The summed E-state index contributed by atoms with van der Waals surface area (Å²) in [7, 11) is 0. The van der Waals surface area contributed by atoms with Crippen LogP contribution in [0.25, 0.3) is 10.2 Å². The molecule has 1 aromatic carbocycles. The van der Waals surface area contributed by atoms with Crippen LogP contribution in [0.2, 0.25) is 0 Å². The maximum absolute atomic E-state index is 14.2. The van der Waals surface area contributed by atoms with Crippen LogP contribution < -0.4 is 10.6 Å². The van der Waals surface area contributed by atoms with E-state index in [4.69, 9.17) is 0 Å². The Morgan fingerprint density at radius 1 is 0.943 bits per heavy atom. The predicted octanol–water partition coefficient (Wildman–Crippen LogP) is 6.95. The Bertz CT molecular complexity index is 1050. The van der Waals surface area contributed by atoms with Gasteiger partial charge in [-0.15, -0.1) is 11.3 Å². The van der Waals surface area contributed by atoms with Crippen molar-refractivity contribution in [1.29, 1.82) is 0 Å².